The van der Waals surface area contributed by atoms with E-state index in [0.29, 0.717) is 87.8 Å². The van der Waals surface area contributed by atoms with Crippen molar-refractivity contribution >= 4 is 35.7 Å². The fourth-order valence-corrected chi connectivity index (χ4v) is 8.92. The maximum atomic E-state index is 13.9. The van der Waals surface area contributed by atoms with Gasteiger partial charge in [-0.3, -0.25) is 34.1 Å². The summed E-state index contributed by atoms with van der Waals surface area (Å²) in [6, 6.07) is 8.43. The van der Waals surface area contributed by atoms with Crippen LogP contribution in [-0.4, -0.2) is 220 Å². The molecule has 5 heterocycles. The smallest absolute Gasteiger partial charge is 0.354 e. The number of halogens is 1. The van der Waals surface area contributed by atoms with Crippen molar-refractivity contribution in [3.8, 4) is 6.07 Å². The zero-order valence-corrected chi connectivity index (χ0v) is 40.9. The molecule has 0 spiro atoms. The first-order valence-corrected chi connectivity index (χ1v) is 24.5. The van der Waals surface area contributed by atoms with E-state index in [4.69, 9.17) is 14.2 Å². The maximum absolute atomic E-state index is 13.9. The SMILES string of the molecule is N#C[C@@H]1CCCN1C(=O)CNC(=O)c1ccnc2c1CC(OCCCN1CCN(C(=O)Cc3cc(CN(CCO)CCOCCOCCN(CCO)Cc4cc(F)cc(C(=O)O)n4)nc(C(=O)O)c3)CC1)C=C2. The number of nitrogens with zero attached hydrogens (tertiary/aromatic N) is 9. The molecule has 1 aliphatic carbocycles. The second kappa shape index (κ2) is 28.8. The normalized spacial score (nSPS) is 16.7. The molecule has 0 saturated carbocycles. The fraction of sp³-hybridized carbons (Fsp3) is 0.540. The van der Waals surface area contributed by atoms with Crippen LogP contribution in [-0.2, 0) is 49.7 Å². The van der Waals surface area contributed by atoms with Crippen molar-refractivity contribution in [2.45, 2.75) is 57.3 Å². The minimum absolute atomic E-state index is 0.00568. The van der Waals surface area contributed by atoms with Gasteiger partial charge in [0.15, 0.2) is 5.69 Å². The number of amides is 3. The van der Waals surface area contributed by atoms with E-state index in [9.17, 15) is 54.1 Å². The summed E-state index contributed by atoms with van der Waals surface area (Å²) in [5.41, 5.74) is 2.41. The van der Waals surface area contributed by atoms with Crippen molar-refractivity contribution in [2.75, 3.05) is 118 Å². The Labute approximate surface area is 423 Å². The van der Waals surface area contributed by atoms with E-state index in [0.717, 1.165) is 37.1 Å². The predicted octanol–water partition coefficient (Wildman–Crippen LogP) is 0.705. The van der Waals surface area contributed by atoms with Gasteiger partial charge in [0.05, 0.1) is 81.9 Å². The monoisotopic (exact) mass is 1020 g/mol. The summed E-state index contributed by atoms with van der Waals surface area (Å²) in [6.07, 6.45) is 7.63. The Hall–Kier alpha value is -6.36. The fourth-order valence-electron chi connectivity index (χ4n) is 8.92. The van der Waals surface area contributed by atoms with Gasteiger partial charge in [0.1, 0.15) is 17.6 Å². The number of fused-ring (bicyclic) bond motifs is 1. The molecule has 2 fully saturated rings. The summed E-state index contributed by atoms with van der Waals surface area (Å²) in [6.45, 7) is 6.12. The van der Waals surface area contributed by atoms with Gasteiger partial charge in [0.25, 0.3) is 5.91 Å². The van der Waals surface area contributed by atoms with Gasteiger partial charge in [-0.25, -0.2) is 23.9 Å². The van der Waals surface area contributed by atoms with Crippen LogP contribution in [0.4, 0.5) is 4.39 Å². The Morgan fingerprint density at radius 2 is 1.48 bits per heavy atom. The lowest BCUT2D eigenvalue weighted by molar-refractivity contribution is -0.132. The lowest BCUT2D eigenvalue weighted by atomic mass is 9.95. The summed E-state index contributed by atoms with van der Waals surface area (Å²) in [5, 5.41) is 50.3. The topological polar surface area (TPSA) is 285 Å². The zero-order valence-electron chi connectivity index (χ0n) is 40.9. The molecule has 23 heteroatoms. The molecule has 0 radical (unpaired) electrons. The molecule has 73 heavy (non-hydrogen) atoms. The van der Waals surface area contributed by atoms with Crippen molar-refractivity contribution in [3.05, 3.63) is 93.6 Å². The van der Waals surface area contributed by atoms with Gasteiger partial charge < -0.3 is 49.8 Å². The second-order valence-electron chi connectivity index (χ2n) is 17.9. The molecule has 2 aliphatic heterocycles. The van der Waals surface area contributed by atoms with Crippen LogP contribution in [0.5, 0.6) is 0 Å². The number of carbonyl (C=O) groups excluding carboxylic acids is 3. The number of likely N-dealkylation sites (tertiary alicyclic amines) is 1. The van der Waals surface area contributed by atoms with Crippen molar-refractivity contribution < 1.29 is 63.0 Å². The Balaban J connectivity index is 0.876. The predicted molar refractivity (Wildman–Crippen MR) is 259 cm³/mol. The van der Waals surface area contributed by atoms with Gasteiger partial charge in [-0.05, 0) is 60.7 Å². The number of pyridine rings is 3. The van der Waals surface area contributed by atoms with E-state index >= 15 is 0 Å². The van der Waals surface area contributed by atoms with Gasteiger partial charge >= 0.3 is 11.9 Å². The summed E-state index contributed by atoms with van der Waals surface area (Å²) in [5.74, 6) is -4.09. The molecule has 3 aromatic heterocycles. The molecular weight excluding hydrogens is 952 g/mol. The highest BCUT2D eigenvalue weighted by atomic mass is 19.1. The maximum Gasteiger partial charge on any atom is 0.354 e. The number of carboxylic acid groups (broad SMARTS) is 2. The Morgan fingerprint density at radius 3 is 2.12 bits per heavy atom. The number of aliphatic hydroxyl groups excluding tert-OH is 2. The van der Waals surface area contributed by atoms with Gasteiger partial charge in [-0.15, -0.1) is 0 Å². The molecule has 22 nitrogen and oxygen atoms in total. The number of aromatic carboxylic acids is 2. The molecule has 394 valence electrons. The van der Waals surface area contributed by atoms with E-state index in [1.165, 1.54) is 11.0 Å². The third-order valence-corrected chi connectivity index (χ3v) is 12.7. The van der Waals surface area contributed by atoms with E-state index in [1.807, 2.05) is 17.1 Å². The van der Waals surface area contributed by atoms with Crippen LogP contribution in [0.25, 0.3) is 6.08 Å². The van der Waals surface area contributed by atoms with E-state index in [-0.39, 0.29) is 114 Å². The van der Waals surface area contributed by atoms with Gasteiger partial charge in [0.2, 0.25) is 11.8 Å². The molecule has 0 aromatic carbocycles. The molecule has 3 aliphatic rings. The molecule has 5 N–H and O–H groups in total. The highest BCUT2D eigenvalue weighted by molar-refractivity contribution is 5.98. The first kappa shape index (κ1) is 55.9. The minimum Gasteiger partial charge on any atom is -0.477 e. The molecule has 3 amide bonds. The van der Waals surface area contributed by atoms with E-state index in [1.54, 1.807) is 28.1 Å². The highest BCUT2D eigenvalue weighted by Gasteiger charge is 2.30. The lowest BCUT2D eigenvalue weighted by Gasteiger charge is -2.35. The first-order chi connectivity index (χ1) is 35.3. The third-order valence-electron chi connectivity index (χ3n) is 12.7. The number of nitriles is 1. The van der Waals surface area contributed by atoms with Crippen LogP contribution in [0.1, 0.15) is 78.8 Å². The largest absolute Gasteiger partial charge is 0.477 e. The molecule has 2 saturated heterocycles. The van der Waals surface area contributed by atoms with Crippen LogP contribution < -0.4 is 5.32 Å². The van der Waals surface area contributed by atoms with Crippen LogP contribution >= 0.6 is 0 Å². The van der Waals surface area contributed by atoms with Crippen molar-refractivity contribution in [1.29, 1.82) is 5.26 Å². The van der Waals surface area contributed by atoms with Crippen LogP contribution in [0.3, 0.4) is 0 Å². The molecule has 1 unspecified atom stereocenters. The van der Waals surface area contributed by atoms with Gasteiger partial charge in [0, 0.05) is 109 Å². The molecular formula is C50H65FN10O12. The quantitative estimate of drug-likeness (QED) is 0.0599. The summed E-state index contributed by atoms with van der Waals surface area (Å²) in [7, 11) is 0. The standard InChI is InChI=1S/C50H65FN10O12/c51-36-28-38(56-45(29-36)50(69)70)34-59(15-19-63)17-22-72-24-23-71-21-16-58(14-18-62)33-37-25-35(26-44(55-37)49(67)68)27-46(64)60-12-10-57(11-13-60)8-2-20-73-40-4-5-43-42(30-40)41(6-7-53-43)48(66)54-32-47(65)61-9-1-3-39(61)31-52/h4-7,25-26,28-29,39-40,62-63H,1-3,8-24,27,30,32-34H2,(H,54,66)(H,67,68)(H,69,70)/t39-,40?/m0/s1. The van der Waals surface area contributed by atoms with Crippen molar-refractivity contribution in [1.82, 2.24) is 44.8 Å². The molecule has 0 bridgehead atoms. The number of aliphatic hydroxyl groups is 2. The van der Waals surface area contributed by atoms with Crippen LogP contribution in [0.2, 0.25) is 0 Å². The zero-order chi connectivity index (χ0) is 52.1. The first-order valence-electron chi connectivity index (χ1n) is 24.5. The molecule has 2 atom stereocenters. The van der Waals surface area contributed by atoms with Crippen LogP contribution in [0.15, 0.2) is 42.6 Å². The van der Waals surface area contributed by atoms with Crippen molar-refractivity contribution in [2.24, 2.45) is 0 Å². The summed E-state index contributed by atoms with van der Waals surface area (Å²) < 4.78 is 31.5. The second-order valence-corrected chi connectivity index (χ2v) is 17.9. The van der Waals surface area contributed by atoms with E-state index in [2.05, 4.69) is 31.2 Å². The number of rotatable bonds is 29. The van der Waals surface area contributed by atoms with Gasteiger partial charge in [-0.1, -0.05) is 6.08 Å². The Bertz CT molecular complexity index is 2430. The van der Waals surface area contributed by atoms with Crippen molar-refractivity contribution in [3.63, 3.8) is 0 Å². The average Bonchev–Trinajstić information content (AvgIpc) is 3.87. The lowest BCUT2D eigenvalue weighted by Crippen LogP contribution is -2.49. The Kier molecular flexibility index (Phi) is 22.0. The van der Waals surface area contributed by atoms with Gasteiger partial charge in [-0.2, -0.15) is 5.26 Å². The molecule has 3 aromatic rings. The number of aromatic nitrogens is 3. The number of carbonyl (C=O) groups is 5. The third kappa shape index (κ3) is 17.4. The van der Waals surface area contributed by atoms with E-state index < -0.39 is 29.5 Å². The summed E-state index contributed by atoms with van der Waals surface area (Å²) >= 11 is 0. The number of piperazine rings is 1. The number of ether oxygens (including phenoxy) is 3. The number of carboxylic acids is 2. The number of nitrogens with one attached hydrogen (secondary N) is 1. The van der Waals surface area contributed by atoms with Crippen LogP contribution in [0, 0.1) is 17.1 Å². The number of hydrogen-bond donors (Lipinski definition) is 5. The summed E-state index contributed by atoms with van der Waals surface area (Å²) in [4.78, 5) is 84.6. The highest BCUT2D eigenvalue weighted by Crippen LogP contribution is 2.24. The molecule has 6 rings (SSSR count). The average molecular weight is 1020 g/mol. The minimum atomic E-state index is -1.34. The number of hydrogen-bond acceptors (Lipinski definition) is 17. The Morgan fingerprint density at radius 1 is 0.822 bits per heavy atom.